The van der Waals surface area contributed by atoms with Gasteiger partial charge in [0.1, 0.15) is 11.0 Å². The van der Waals surface area contributed by atoms with E-state index in [1.54, 1.807) is 14.2 Å². The molecule has 6 heteroatoms. The van der Waals surface area contributed by atoms with Crippen molar-refractivity contribution in [3.05, 3.63) is 34.8 Å². The fraction of sp³-hybridized carbons (Fsp3) is 0.143. The minimum absolute atomic E-state index is 0.631. The van der Waals surface area contributed by atoms with Gasteiger partial charge in [0.2, 0.25) is 0 Å². The number of aromatic nitrogens is 2. The molecule has 0 unspecified atom stereocenters. The molecule has 0 bridgehead atoms. The highest BCUT2D eigenvalue weighted by molar-refractivity contribution is 9.10. The summed E-state index contributed by atoms with van der Waals surface area (Å²) in [5, 5.41) is 0. The molecule has 3 rings (SSSR count). The fourth-order valence-corrected chi connectivity index (χ4v) is 3.47. The van der Waals surface area contributed by atoms with E-state index >= 15 is 0 Å². The smallest absolute Gasteiger partial charge is 0.177 e. The molecule has 0 radical (unpaired) electrons. The summed E-state index contributed by atoms with van der Waals surface area (Å²) in [5.41, 5.74) is 3.52. The standard InChI is InChI=1S/C14H11BrN2O2S/c1-18-13-9(8-6-4-3-5-7-8)11-12(17-20-16-11)10(15)14(13)19-2/h3-7H,1-2H3. The van der Waals surface area contributed by atoms with Crippen molar-refractivity contribution in [2.24, 2.45) is 0 Å². The van der Waals surface area contributed by atoms with Gasteiger partial charge < -0.3 is 9.47 Å². The van der Waals surface area contributed by atoms with Crippen LogP contribution in [-0.2, 0) is 0 Å². The van der Waals surface area contributed by atoms with Gasteiger partial charge in [-0.2, -0.15) is 8.75 Å². The van der Waals surface area contributed by atoms with E-state index in [2.05, 4.69) is 24.7 Å². The van der Waals surface area contributed by atoms with Crippen molar-refractivity contribution < 1.29 is 9.47 Å². The molecule has 3 aromatic rings. The van der Waals surface area contributed by atoms with Gasteiger partial charge in [-0.25, -0.2) is 0 Å². The maximum absolute atomic E-state index is 5.56. The van der Waals surface area contributed by atoms with Crippen LogP contribution >= 0.6 is 27.7 Å². The van der Waals surface area contributed by atoms with Crippen LogP contribution in [0, 0.1) is 0 Å². The molecule has 1 aromatic heterocycles. The van der Waals surface area contributed by atoms with E-state index in [0.29, 0.717) is 11.5 Å². The van der Waals surface area contributed by atoms with Crippen molar-refractivity contribution >= 4 is 38.7 Å². The molecule has 0 fully saturated rings. The molecular formula is C14H11BrN2O2S. The first kappa shape index (κ1) is 13.3. The Hall–Kier alpha value is -1.66. The molecule has 1 heterocycles. The Labute approximate surface area is 128 Å². The first-order valence-corrected chi connectivity index (χ1v) is 7.41. The Balaban J connectivity index is 2.45. The van der Waals surface area contributed by atoms with Crippen LogP contribution in [0.2, 0.25) is 0 Å². The molecule has 0 atom stereocenters. The van der Waals surface area contributed by atoms with Crippen LogP contribution in [0.15, 0.2) is 34.8 Å². The molecule has 102 valence electrons. The first-order chi connectivity index (χ1) is 9.77. The van der Waals surface area contributed by atoms with Gasteiger partial charge in [-0.05, 0) is 21.5 Å². The quantitative estimate of drug-likeness (QED) is 0.712. The molecule has 20 heavy (non-hydrogen) atoms. The lowest BCUT2D eigenvalue weighted by atomic mass is 10.0. The van der Waals surface area contributed by atoms with Crippen molar-refractivity contribution in [2.75, 3.05) is 14.2 Å². The van der Waals surface area contributed by atoms with Gasteiger partial charge in [0.25, 0.3) is 0 Å². The Morgan fingerprint density at radius 3 is 2.25 bits per heavy atom. The highest BCUT2D eigenvalue weighted by Crippen LogP contribution is 2.48. The lowest BCUT2D eigenvalue weighted by molar-refractivity contribution is 0.355. The van der Waals surface area contributed by atoms with Gasteiger partial charge in [0, 0.05) is 0 Å². The third-order valence-electron chi connectivity index (χ3n) is 3.04. The third-order valence-corrected chi connectivity index (χ3v) is 4.30. The highest BCUT2D eigenvalue weighted by Gasteiger charge is 2.23. The van der Waals surface area contributed by atoms with Crippen LogP contribution in [0.1, 0.15) is 0 Å². The largest absolute Gasteiger partial charge is 0.492 e. The molecule has 4 nitrogen and oxygen atoms in total. The average molecular weight is 351 g/mol. The number of nitrogens with zero attached hydrogens (tertiary/aromatic N) is 2. The molecule has 0 aliphatic carbocycles. The maximum atomic E-state index is 5.56. The molecule has 0 N–H and O–H groups in total. The van der Waals surface area contributed by atoms with Gasteiger partial charge in [-0.15, -0.1) is 0 Å². The first-order valence-electron chi connectivity index (χ1n) is 5.89. The summed E-state index contributed by atoms with van der Waals surface area (Å²) in [5.74, 6) is 1.29. The molecule has 0 saturated heterocycles. The molecule has 0 spiro atoms. The Kier molecular flexibility index (Phi) is 3.58. The van der Waals surface area contributed by atoms with E-state index in [9.17, 15) is 0 Å². The van der Waals surface area contributed by atoms with Crippen molar-refractivity contribution in [1.82, 2.24) is 8.75 Å². The number of benzene rings is 2. The summed E-state index contributed by atoms with van der Waals surface area (Å²) in [6.45, 7) is 0. The van der Waals surface area contributed by atoms with Gasteiger partial charge in [-0.1, -0.05) is 30.3 Å². The van der Waals surface area contributed by atoms with E-state index in [1.807, 2.05) is 30.3 Å². The molecule has 0 amide bonds. The maximum Gasteiger partial charge on any atom is 0.177 e. The minimum atomic E-state index is 0.631. The lowest BCUT2D eigenvalue weighted by Crippen LogP contribution is -1.96. The van der Waals surface area contributed by atoms with Gasteiger partial charge in [-0.3, -0.25) is 0 Å². The Morgan fingerprint density at radius 1 is 0.950 bits per heavy atom. The predicted octanol–water partition coefficient (Wildman–Crippen LogP) is 4.14. The average Bonchev–Trinajstić information content (AvgIpc) is 2.97. The summed E-state index contributed by atoms with van der Waals surface area (Å²) in [6.07, 6.45) is 0. The molecule has 2 aromatic carbocycles. The number of ether oxygens (including phenoxy) is 2. The van der Waals surface area contributed by atoms with Crippen LogP contribution in [0.4, 0.5) is 0 Å². The second-order valence-electron chi connectivity index (χ2n) is 4.08. The third kappa shape index (κ3) is 1.96. The van der Waals surface area contributed by atoms with E-state index in [-0.39, 0.29) is 0 Å². The van der Waals surface area contributed by atoms with E-state index < -0.39 is 0 Å². The Bertz CT molecular complexity index is 759. The van der Waals surface area contributed by atoms with Crippen LogP contribution in [-0.4, -0.2) is 23.0 Å². The summed E-state index contributed by atoms with van der Waals surface area (Å²) in [4.78, 5) is 0. The highest BCUT2D eigenvalue weighted by atomic mass is 79.9. The zero-order chi connectivity index (χ0) is 14.1. The van der Waals surface area contributed by atoms with Crippen LogP contribution in [0.25, 0.3) is 22.2 Å². The summed E-state index contributed by atoms with van der Waals surface area (Å²) in [7, 11) is 3.24. The molecule has 0 aliphatic heterocycles. The number of halogens is 1. The second kappa shape index (κ2) is 5.38. The monoisotopic (exact) mass is 350 g/mol. The van der Waals surface area contributed by atoms with Crippen molar-refractivity contribution in [3.63, 3.8) is 0 Å². The number of hydrogen-bond donors (Lipinski definition) is 0. The van der Waals surface area contributed by atoms with Crippen LogP contribution in [0.3, 0.4) is 0 Å². The SMILES string of the molecule is COc1c(OC)c(-c2ccccc2)c2nsnc2c1Br. The van der Waals surface area contributed by atoms with E-state index in [0.717, 1.165) is 26.6 Å². The number of hydrogen-bond acceptors (Lipinski definition) is 5. The van der Waals surface area contributed by atoms with Crippen molar-refractivity contribution in [3.8, 4) is 22.6 Å². The number of fused-ring (bicyclic) bond motifs is 1. The van der Waals surface area contributed by atoms with E-state index in [1.165, 1.54) is 11.7 Å². The summed E-state index contributed by atoms with van der Waals surface area (Å²) < 4.78 is 20.5. The predicted molar refractivity (Wildman–Crippen MR) is 83.7 cm³/mol. The lowest BCUT2D eigenvalue weighted by Gasteiger charge is -2.15. The molecular weight excluding hydrogens is 340 g/mol. The topological polar surface area (TPSA) is 44.2 Å². The van der Waals surface area contributed by atoms with Crippen LogP contribution in [0.5, 0.6) is 11.5 Å². The van der Waals surface area contributed by atoms with Crippen LogP contribution < -0.4 is 9.47 Å². The van der Waals surface area contributed by atoms with Gasteiger partial charge in [0.15, 0.2) is 11.5 Å². The molecule has 0 aliphatic rings. The van der Waals surface area contributed by atoms with Gasteiger partial charge in [0.05, 0.1) is 36.0 Å². The number of rotatable bonds is 3. The second-order valence-corrected chi connectivity index (χ2v) is 5.40. The minimum Gasteiger partial charge on any atom is -0.492 e. The zero-order valence-corrected chi connectivity index (χ0v) is 13.3. The van der Waals surface area contributed by atoms with E-state index in [4.69, 9.17) is 9.47 Å². The van der Waals surface area contributed by atoms with Crippen molar-refractivity contribution in [2.45, 2.75) is 0 Å². The van der Waals surface area contributed by atoms with Crippen molar-refractivity contribution in [1.29, 1.82) is 0 Å². The number of methoxy groups -OCH3 is 2. The summed E-state index contributed by atoms with van der Waals surface area (Å²) >= 11 is 4.69. The summed E-state index contributed by atoms with van der Waals surface area (Å²) in [6, 6.07) is 9.97. The normalized spacial score (nSPS) is 10.8. The molecule has 0 saturated carbocycles. The van der Waals surface area contributed by atoms with Gasteiger partial charge >= 0.3 is 0 Å². The zero-order valence-electron chi connectivity index (χ0n) is 10.9. The fourth-order valence-electron chi connectivity index (χ4n) is 2.17. The Morgan fingerprint density at radius 2 is 1.60 bits per heavy atom.